The topological polar surface area (TPSA) is 35.5 Å². The molecule has 0 aromatic rings. The molecule has 0 aliphatic carbocycles. The van der Waals surface area contributed by atoms with Crippen LogP contribution in [0.3, 0.4) is 0 Å². The van der Waals surface area contributed by atoms with Gasteiger partial charge >= 0.3 is 5.97 Å². The molecular weight excluding hydrogens is 206 g/mol. The molecule has 0 aromatic heterocycles. The van der Waals surface area contributed by atoms with E-state index >= 15 is 0 Å². The van der Waals surface area contributed by atoms with Gasteiger partial charge in [-0.25, -0.2) is 13.6 Å². The van der Waals surface area contributed by atoms with Crippen molar-refractivity contribution < 1.29 is 23.0 Å². The van der Waals surface area contributed by atoms with E-state index in [9.17, 15) is 13.6 Å². The summed E-state index contributed by atoms with van der Waals surface area (Å²) in [5, 5.41) is 0. The van der Waals surface area contributed by atoms with E-state index in [2.05, 4.69) is 9.47 Å². The van der Waals surface area contributed by atoms with Gasteiger partial charge in [0.25, 0.3) is 5.92 Å². The molecule has 0 bridgehead atoms. The maximum absolute atomic E-state index is 13.3. The lowest BCUT2D eigenvalue weighted by Crippen LogP contribution is -2.39. The highest BCUT2D eigenvalue weighted by Crippen LogP contribution is 2.35. The maximum Gasteiger partial charge on any atom is 0.332 e. The normalized spacial score (nSPS) is 12.7. The van der Waals surface area contributed by atoms with Crippen molar-refractivity contribution in [2.45, 2.75) is 33.6 Å². The number of alkyl halides is 2. The Labute approximate surface area is 88.7 Å². The molecule has 0 N–H and O–H groups in total. The van der Waals surface area contributed by atoms with Crippen molar-refractivity contribution in [2.24, 2.45) is 5.41 Å². The highest BCUT2D eigenvalue weighted by atomic mass is 19.3. The molecular formula is C10H18F2O3. The quantitative estimate of drug-likeness (QED) is 0.672. The van der Waals surface area contributed by atoms with Gasteiger partial charge in [-0.1, -0.05) is 20.8 Å². The maximum atomic E-state index is 13.3. The molecule has 0 aromatic carbocycles. The highest BCUT2D eigenvalue weighted by Gasteiger charge is 2.43. The standard InChI is InChI=1S/C10H18F2O3/c1-5-15-8(13)6-14-7-10(11,12)9(2,3)4/h5-7H2,1-4H3. The van der Waals surface area contributed by atoms with Crippen molar-refractivity contribution in [1.82, 2.24) is 0 Å². The van der Waals surface area contributed by atoms with Crippen LogP contribution in [0.1, 0.15) is 27.7 Å². The third kappa shape index (κ3) is 5.06. The van der Waals surface area contributed by atoms with E-state index < -0.39 is 30.5 Å². The number of carbonyl (C=O) groups is 1. The number of esters is 1. The highest BCUT2D eigenvalue weighted by molar-refractivity contribution is 5.70. The van der Waals surface area contributed by atoms with E-state index in [0.29, 0.717) is 0 Å². The second kappa shape index (κ2) is 5.39. The van der Waals surface area contributed by atoms with Gasteiger partial charge in [0.15, 0.2) is 0 Å². The van der Waals surface area contributed by atoms with Crippen LogP contribution in [0, 0.1) is 5.41 Å². The summed E-state index contributed by atoms with van der Waals surface area (Å²) in [4.78, 5) is 10.8. The Kier molecular flexibility index (Phi) is 5.14. The van der Waals surface area contributed by atoms with Crippen LogP contribution in [-0.4, -0.2) is 31.7 Å². The minimum absolute atomic E-state index is 0.220. The fraction of sp³-hybridized carbons (Fsp3) is 0.900. The monoisotopic (exact) mass is 224 g/mol. The molecule has 0 unspecified atom stereocenters. The average molecular weight is 224 g/mol. The van der Waals surface area contributed by atoms with Crippen LogP contribution >= 0.6 is 0 Å². The molecule has 0 spiro atoms. The summed E-state index contributed by atoms with van der Waals surface area (Å²) in [6.45, 7) is 4.91. The van der Waals surface area contributed by atoms with E-state index in [1.807, 2.05) is 0 Å². The summed E-state index contributed by atoms with van der Waals surface area (Å²) < 4.78 is 35.7. The number of hydrogen-bond donors (Lipinski definition) is 0. The molecule has 5 heteroatoms. The first kappa shape index (κ1) is 14.3. The molecule has 90 valence electrons. The number of hydrogen-bond acceptors (Lipinski definition) is 3. The van der Waals surface area contributed by atoms with Gasteiger partial charge in [-0.2, -0.15) is 0 Å². The van der Waals surface area contributed by atoms with Crippen molar-refractivity contribution in [3.8, 4) is 0 Å². The van der Waals surface area contributed by atoms with Gasteiger partial charge in [0, 0.05) is 5.41 Å². The molecule has 3 nitrogen and oxygen atoms in total. The fourth-order valence-electron chi connectivity index (χ4n) is 0.682. The van der Waals surface area contributed by atoms with E-state index in [-0.39, 0.29) is 6.61 Å². The minimum atomic E-state index is -2.96. The third-order valence-corrected chi connectivity index (χ3v) is 1.91. The summed E-state index contributed by atoms with van der Waals surface area (Å²) in [6, 6.07) is 0. The van der Waals surface area contributed by atoms with Gasteiger partial charge in [-0.15, -0.1) is 0 Å². The van der Waals surface area contributed by atoms with Crippen LogP contribution in [0.25, 0.3) is 0 Å². The van der Waals surface area contributed by atoms with Crippen LogP contribution in [0.5, 0.6) is 0 Å². The molecule has 0 aliphatic rings. The van der Waals surface area contributed by atoms with E-state index in [1.54, 1.807) is 6.92 Å². The van der Waals surface area contributed by atoms with Gasteiger partial charge < -0.3 is 9.47 Å². The first-order chi connectivity index (χ1) is 6.70. The van der Waals surface area contributed by atoms with Gasteiger partial charge in [-0.3, -0.25) is 0 Å². The van der Waals surface area contributed by atoms with Gasteiger partial charge in [0.05, 0.1) is 6.61 Å². The molecule has 0 radical (unpaired) electrons. The zero-order chi connectivity index (χ0) is 12.1. The molecule has 0 atom stereocenters. The van der Waals surface area contributed by atoms with Crippen molar-refractivity contribution in [2.75, 3.05) is 19.8 Å². The van der Waals surface area contributed by atoms with Crippen molar-refractivity contribution in [1.29, 1.82) is 0 Å². The van der Waals surface area contributed by atoms with Crippen molar-refractivity contribution >= 4 is 5.97 Å². The van der Waals surface area contributed by atoms with Crippen molar-refractivity contribution in [3.63, 3.8) is 0 Å². The number of rotatable bonds is 5. The summed E-state index contributed by atoms with van der Waals surface area (Å²) in [5.74, 6) is -3.58. The SMILES string of the molecule is CCOC(=O)COCC(F)(F)C(C)(C)C. The van der Waals surface area contributed by atoms with Crippen LogP contribution in [0.4, 0.5) is 8.78 Å². The minimum Gasteiger partial charge on any atom is -0.464 e. The molecule has 0 saturated carbocycles. The molecule has 0 amide bonds. The molecule has 15 heavy (non-hydrogen) atoms. The largest absolute Gasteiger partial charge is 0.464 e. The Bertz CT molecular complexity index is 209. The van der Waals surface area contributed by atoms with Gasteiger partial charge in [0.2, 0.25) is 0 Å². The predicted molar refractivity (Wildman–Crippen MR) is 51.9 cm³/mol. The zero-order valence-corrected chi connectivity index (χ0v) is 9.60. The summed E-state index contributed by atoms with van der Waals surface area (Å²) >= 11 is 0. The lowest BCUT2D eigenvalue weighted by molar-refractivity contribution is -0.165. The second-order valence-electron chi connectivity index (χ2n) is 4.25. The number of halogens is 2. The predicted octanol–water partition coefficient (Wildman–Crippen LogP) is 2.25. The van der Waals surface area contributed by atoms with Crippen LogP contribution in [-0.2, 0) is 14.3 Å². The third-order valence-electron chi connectivity index (χ3n) is 1.91. The Morgan fingerprint density at radius 1 is 1.27 bits per heavy atom. The van der Waals surface area contributed by atoms with E-state index in [0.717, 1.165) is 0 Å². The molecule has 0 heterocycles. The fourth-order valence-corrected chi connectivity index (χ4v) is 0.682. The van der Waals surface area contributed by atoms with E-state index in [4.69, 9.17) is 0 Å². The van der Waals surface area contributed by atoms with Crippen LogP contribution in [0.15, 0.2) is 0 Å². The Hall–Kier alpha value is -0.710. The number of carbonyl (C=O) groups excluding carboxylic acids is 1. The van der Waals surface area contributed by atoms with Crippen molar-refractivity contribution in [3.05, 3.63) is 0 Å². The average Bonchev–Trinajstić information content (AvgIpc) is 2.01. The second-order valence-corrected chi connectivity index (χ2v) is 4.25. The van der Waals surface area contributed by atoms with Gasteiger partial charge in [-0.05, 0) is 6.92 Å². The molecule has 0 saturated heterocycles. The Balaban J connectivity index is 3.91. The van der Waals surface area contributed by atoms with E-state index in [1.165, 1.54) is 20.8 Å². The summed E-state index contributed by atoms with van der Waals surface area (Å²) in [6.07, 6.45) is 0. The Morgan fingerprint density at radius 2 is 1.80 bits per heavy atom. The molecule has 0 fully saturated rings. The lowest BCUT2D eigenvalue weighted by atomic mass is 9.88. The summed E-state index contributed by atoms with van der Waals surface area (Å²) in [7, 11) is 0. The summed E-state index contributed by atoms with van der Waals surface area (Å²) in [5.41, 5.74) is -1.18. The first-order valence-electron chi connectivity index (χ1n) is 4.82. The molecule has 0 rings (SSSR count). The smallest absolute Gasteiger partial charge is 0.332 e. The number of ether oxygens (including phenoxy) is 2. The lowest BCUT2D eigenvalue weighted by Gasteiger charge is -2.29. The van der Waals surface area contributed by atoms with Gasteiger partial charge in [0.1, 0.15) is 13.2 Å². The molecule has 0 aliphatic heterocycles. The van der Waals surface area contributed by atoms with Crippen LogP contribution < -0.4 is 0 Å². The first-order valence-corrected chi connectivity index (χ1v) is 4.82. The zero-order valence-electron chi connectivity index (χ0n) is 9.60. The Morgan fingerprint density at radius 3 is 2.20 bits per heavy atom. The van der Waals surface area contributed by atoms with Crippen LogP contribution in [0.2, 0.25) is 0 Å².